The Morgan fingerprint density at radius 1 is 1.50 bits per heavy atom. The second-order valence-corrected chi connectivity index (χ2v) is 2.00. The van der Waals surface area contributed by atoms with Crippen LogP contribution in [0.2, 0.25) is 0 Å². The summed E-state index contributed by atoms with van der Waals surface area (Å²) in [6.07, 6.45) is 0. The van der Waals surface area contributed by atoms with Crippen LogP contribution in [0.4, 0.5) is 5.82 Å². The number of pyridine rings is 1. The molecule has 5 N–H and O–H groups in total. The van der Waals surface area contributed by atoms with E-state index in [0.29, 0.717) is 18.1 Å². The van der Waals surface area contributed by atoms with Gasteiger partial charge in [0.25, 0.3) is 0 Å². The minimum atomic E-state index is -0.114. The summed E-state index contributed by atoms with van der Waals surface area (Å²) in [6.45, 7) is 0.306. The fraction of sp³-hybridized carbons (Fsp3) is 0.167. The molecule has 1 rings (SSSR count). The maximum atomic E-state index is 10.7. The van der Waals surface area contributed by atoms with E-state index in [0.717, 1.165) is 0 Å². The smallest absolute Gasteiger partial charge is 0.184 e. The molecule has 1 aromatic rings. The normalized spacial score (nSPS) is 9.70. The van der Waals surface area contributed by atoms with Crippen LogP contribution in [0, 0.1) is 0 Å². The quantitative estimate of drug-likeness (QED) is 0.486. The van der Waals surface area contributed by atoms with Crippen molar-refractivity contribution >= 4 is 5.82 Å². The lowest BCUT2D eigenvalue weighted by Crippen LogP contribution is -2.09. The Balaban J connectivity index is 3.19. The first-order chi connectivity index (χ1) is 4.72. The Bertz CT molecular complexity index is 279. The lowest BCUT2D eigenvalue weighted by atomic mass is 10.3. The standard InChI is InChI=1S/C6H9N3O/c7-3-4-1-5(10)2-6(8)9-4/h1-2H,3,7H2,(H3,8,9,10). The molecule has 0 saturated heterocycles. The molecule has 0 fully saturated rings. The third kappa shape index (κ3) is 1.35. The molecule has 4 heteroatoms. The Morgan fingerprint density at radius 3 is 2.70 bits per heavy atom. The van der Waals surface area contributed by atoms with Gasteiger partial charge >= 0.3 is 0 Å². The van der Waals surface area contributed by atoms with E-state index in [1.54, 1.807) is 0 Å². The van der Waals surface area contributed by atoms with Crippen molar-refractivity contribution in [2.75, 3.05) is 5.73 Å². The van der Waals surface area contributed by atoms with Crippen LogP contribution in [0.1, 0.15) is 5.69 Å². The molecule has 0 bridgehead atoms. The zero-order valence-electron chi connectivity index (χ0n) is 5.42. The fourth-order valence-corrected chi connectivity index (χ4v) is 0.734. The third-order valence-electron chi connectivity index (χ3n) is 1.14. The molecular weight excluding hydrogens is 130 g/mol. The van der Waals surface area contributed by atoms with E-state index >= 15 is 0 Å². The molecule has 0 atom stereocenters. The summed E-state index contributed by atoms with van der Waals surface area (Å²) < 4.78 is 0. The van der Waals surface area contributed by atoms with Gasteiger partial charge in [0.05, 0.1) is 0 Å². The topological polar surface area (TPSA) is 84.9 Å². The van der Waals surface area contributed by atoms with Gasteiger partial charge in [0, 0.05) is 24.4 Å². The van der Waals surface area contributed by atoms with Gasteiger partial charge in [-0.2, -0.15) is 0 Å². The highest BCUT2D eigenvalue weighted by Crippen LogP contribution is 1.92. The second kappa shape index (κ2) is 2.53. The molecule has 0 aliphatic rings. The SMILES string of the molecule is NCc1cc(=O)cc(N)[nH]1. The molecular formula is C6H9N3O. The van der Waals surface area contributed by atoms with Crippen LogP contribution in [0.25, 0.3) is 0 Å². The van der Waals surface area contributed by atoms with E-state index in [9.17, 15) is 4.79 Å². The van der Waals surface area contributed by atoms with Gasteiger partial charge in [-0.15, -0.1) is 0 Å². The Hall–Kier alpha value is -1.29. The summed E-state index contributed by atoms with van der Waals surface area (Å²) in [5, 5.41) is 0. The number of H-pyrrole nitrogens is 1. The summed E-state index contributed by atoms with van der Waals surface area (Å²) >= 11 is 0. The molecule has 1 heterocycles. The van der Waals surface area contributed by atoms with Gasteiger partial charge in [-0.25, -0.2) is 0 Å². The van der Waals surface area contributed by atoms with Gasteiger partial charge in [0.2, 0.25) is 0 Å². The van der Waals surface area contributed by atoms with Gasteiger partial charge in [0.1, 0.15) is 5.82 Å². The van der Waals surface area contributed by atoms with Crippen LogP contribution in [-0.4, -0.2) is 4.98 Å². The van der Waals surface area contributed by atoms with Gasteiger partial charge < -0.3 is 16.5 Å². The maximum absolute atomic E-state index is 10.7. The summed E-state index contributed by atoms with van der Waals surface area (Å²) in [4.78, 5) is 13.5. The molecule has 0 aliphatic carbocycles. The highest BCUT2D eigenvalue weighted by Gasteiger charge is 1.91. The van der Waals surface area contributed by atoms with E-state index in [1.165, 1.54) is 12.1 Å². The molecule has 0 spiro atoms. The van der Waals surface area contributed by atoms with Crippen LogP contribution >= 0.6 is 0 Å². The van der Waals surface area contributed by atoms with Gasteiger partial charge in [-0.3, -0.25) is 4.79 Å². The third-order valence-corrected chi connectivity index (χ3v) is 1.14. The number of hydrogen-bond donors (Lipinski definition) is 3. The largest absolute Gasteiger partial charge is 0.385 e. The first-order valence-electron chi connectivity index (χ1n) is 2.91. The van der Waals surface area contributed by atoms with Crippen molar-refractivity contribution in [3.8, 4) is 0 Å². The van der Waals surface area contributed by atoms with Crippen molar-refractivity contribution < 1.29 is 0 Å². The molecule has 0 unspecified atom stereocenters. The highest BCUT2D eigenvalue weighted by atomic mass is 16.1. The molecule has 0 aromatic carbocycles. The van der Waals surface area contributed by atoms with Crippen LogP contribution in [0.15, 0.2) is 16.9 Å². The highest BCUT2D eigenvalue weighted by molar-refractivity contribution is 5.28. The molecule has 0 aliphatic heterocycles. The number of hydrogen-bond acceptors (Lipinski definition) is 3. The molecule has 54 valence electrons. The van der Waals surface area contributed by atoms with E-state index in [1.807, 2.05) is 0 Å². The summed E-state index contributed by atoms with van der Waals surface area (Å²) in [6, 6.07) is 2.75. The van der Waals surface area contributed by atoms with Crippen LogP contribution < -0.4 is 16.9 Å². The molecule has 10 heavy (non-hydrogen) atoms. The number of aromatic amines is 1. The van der Waals surface area contributed by atoms with Crippen molar-refractivity contribution in [3.63, 3.8) is 0 Å². The number of nitrogen functional groups attached to an aromatic ring is 1. The molecule has 0 amide bonds. The number of anilines is 1. The van der Waals surface area contributed by atoms with Crippen LogP contribution in [0.3, 0.4) is 0 Å². The first kappa shape index (κ1) is 6.82. The van der Waals surface area contributed by atoms with Gasteiger partial charge in [0.15, 0.2) is 5.43 Å². The minimum absolute atomic E-state index is 0.114. The molecule has 4 nitrogen and oxygen atoms in total. The lowest BCUT2D eigenvalue weighted by molar-refractivity contribution is 0.990. The van der Waals surface area contributed by atoms with Crippen LogP contribution in [0.5, 0.6) is 0 Å². The average Bonchev–Trinajstić information content (AvgIpc) is 1.85. The Kier molecular flexibility index (Phi) is 1.73. The van der Waals surface area contributed by atoms with E-state index in [-0.39, 0.29) is 5.43 Å². The first-order valence-corrected chi connectivity index (χ1v) is 2.91. The molecule has 0 radical (unpaired) electrons. The Labute approximate surface area is 57.9 Å². The van der Waals surface area contributed by atoms with E-state index in [2.05, 4.69) is 4.98 Å². The zero-order valence-corrected chi connectivity index (χ0v) is 5.42. The summed E-state index contributed by atoms with van der Waals surface area (Å²) in [5.74, 6) is 0.355. The predicted molar refractivity (Wildman–Crippen MR) is 39.4 cm³/mol. The van der Waals surface area contributed by atoms with Crippen molar-refractivity contribution in [2.45, 2.75) is 6.54 Å². The van der Waals surface area contributed by atoms with Gasteiger partial charge in [-0.05, 0) is 0 Å². The predicted octanol–water partition coefficient (Wildman–Crippen LogP) is -0.584. The number of aromatic nitrogens is 1. The Morgan fingerprint density at radius 2 is 2.20 bits per heavy atom. The second-order valence-electron chi connectivity index (χ2n) is 2.00. The van der Waals surface area contributed by atoms with E-state index < -0.39 is 0 Å². The van der Waals surface area contributed by atoms with Crippen molar-refractivity contribution in [3.05, 3.63) is 28.0 Å². The summed E-state index contributed by atoms with van der Waals surface area (Å²) in [7, 11) is 0. The van der Waals surface area contributed by atoms with Crippen molar-refractivity contribution in [2.24, 2.45) is 5.73 Å². The maximum Gasteiger partial charge on any atom is 0.184 e. The average molecular weight is 139 g/mol. The number of nitrogens with one attached hydrogen (secondary N) is 1. The monoisotopic (exact) mass is 139 g/mol. The lowest BCUT2D eigenvalue weighted by Gasteiger charge is -1.96. The summed E-state index contributed by atoms with van der Waals surface area (Å²) in [5.41, 5.74) is 11.1. The van der Waals surface area contributed by atoms with Crippen molar-refractivity contribution in [1.82, 2.24) is 4.98 Å². The van der Waals surface area contributed by atoms with Gasteiger partial charge in [-0.1, -0.05) is 0 Å². The van der Waals surface area contributed by atoms with Crippen LogP contribution in [-0.2, 0) is 6.54 Å². The van der Waals surface area contributed by atoms with Crippen molar-refractivity contribution in [1.29, 1.82) is 0 Å². The number of nitrogens with two attached hydrogens (primary N) is 2. The minimum Gasteiger partial charge on any atom is -0.385 e. The zero-order chi connectivity index (χ0) is 7.56. The fourth-order valence-electron chi connectivity index (χ4n) is 0.734. The number of rotatable bonds is 1. The van der Waals surface area contributed by atoms with E-state index in [4.69, 9.17) is 11.5 Å². The molecule has 0 saturated carbocycles. The molecule has 1 aromatic heterocycles.